The third-order valence-corrected chi connectivity index (χ3v) is 4.15. The van der Waals surface area contributed by atoms with Crippen LogP contribution in [0.25, 0.3) is 0 Å². The highest BCUT2D eigenvalue weighted by atomic mass is 19.1. The van der Waals surface area contributed by atoms with Crippen molar-refractivity contribution in [2.75, 3.05) is 30.5 Å². The molecule has 0 bridgehead atoms. The molecule has 2 heterocycles. The Morgan fingerprint density at radius 1 is 1.35 bits per heavy atom. The zero-order valence-electron chi connectivity index (χ0n) is 12.8. The largest absolute Gasteiger partial charge is 0.446 e. The van der Waals surface area contributed by atoms with Crippen LogP contribution in [0.3, 0.4) is 0 Å². The van der Waals surface area contributed by atoms with Gasteiger partial charge in [-0.1, -0.05) is 0 Å². The fourth-order valence-corrected chi connectivity index (χ4v) is 2.95. The lowest BCUT2D eigenvalue weighted by molar-refractivity contribution is -0.122. The number of fused-ring (bicyclic) bond motifs is 1. The normalized spacial score (nSPS) is 20.4. The van der Waals surface area contributed by atoms with Crippen LogP contribution < -0.4 is 15.1 Å². The fraction of sp³-hybridized carbons (Fsp3) is 0.400. The van der Waals surface area contributed by atoms with Crippen LogP contribution in [0.15, 0.2) is 12.1 Å². The van der Waals surface area contributed by atoms with Crippen molar-refractivity contribution in [2.24, 2.45) is 0 Å². The van der Waals surface area contributed by atoms with Crippen molar-refractivity contribution in [2.45, 2.75) is 18.9 Å². The van der Waals surface area contributed by atoms with Crippen molar-refractivity contribution in [1.82, 2.24) is 5.32 Å². The SMILES string of the molecule is CNC(=O)[C@H]1COC(=O)N1c1cc(F)c2c(c1)CCC(=O)N2C. The molecule has 2 aliphatic heterocycles. The molecule has 122 valence electrons. The molecule has 1 saturated heterocycles. The number of amides is 3. The van der Waals surface area contributed by atoms with E-state index in [1.54, 1.807) is 6.07 Å². The summed E-state index contributed by atoms with van der Waals surface area (Å²) in [6, 6.07) is 1.94. The van der Waals surface area contributed by atoms with Crippen LogP contribution in [0.5, 0.6) is 0 Å². The Kier molecular flexibility index (Phi) is 3.67. The zero-order chi connectivity index (χ0) is 16.7. The number of carbonyl (C=O) groups is 3. The Hall–Kier alpha value is -2.64. The van der Waals surface area contributed by atoms with Crippen LogP contribution >= 0.6 is 0 Å². The number of aryl methyl sites for hydroxylation is 1. The second kappa shape index (κ2) is 5.53. The first kappa shape index (κ1) is 15.3. The summed E-state index contributed by atoms with van der Waals surface area (Å²) in [4.78, 5) is 37.9. The van der Waals surface area contributed by atoms with Crippen molar-refractivity contribution in [1.29, 1.82) is 0 Å². The number of cyclic esters (lactones) is 1. The minimum atomic E-state index is -0.840. The number of carbonyl (C=O) groups excluding carboxylic acids is 3. The second-order valence-electron chi connectivity index (χ2n) is 5.47. The van der Waals surface area contributed by atoms with Gasteiger partial charge in [-0.25, -0.2) is 9.18 Å². The van der Waals surface area contributed by atoms with Crippen LogP contribution in [-0.2, 0) is 20.7 Å². The van der Waals surface area contributed by atoms with Gasteiger partial charge >= 0.3 is 6.09 Å². The van der Waals surface area contributed by atoms with Crippen LogP contribution in [0.1, 0.15) is 12.0 Å². The summed E-state index contributed by atoms with van der Waals surface area (Å²) in [6.07, 6.45) is -0.0369. The van der Waals surface area contributed by atoms with Gasteiger partial charge in [-0.3, -0.25) is 14.5 Å². The molecule has 1 fully saturated rings. The van der Waals surface area contributed by atoms with E-state index in [1.807, 2.05) is 0 Å². The predicted molar refractivity (Wildman–Crippen MR) is 79.8 cm³/mol. The molecule has 3 rings (SSSR count). The molecular formula is C15H16FN3O4. The molecule has 1 atom stereocenters. The molecule has 1 aromatic carbocycles. The molecule has 7 nitrogen and oxygen atoms in total. The standard InChI is InChI=1S/C15H16FN3O4/c1-17-14(21)11-7-23-15(22)19(11)9-5-8-3-4-12(20)18(2)13(8)10(16)6-9/h5-6,11H,3-4,7H2,1-2H3,(H,17,21)/t11-/m1/s1. The minimum Gasteiger partial charge on any atom is -0.446 e. The fourth-order valence-electron chi connectivity index (χ4n) is 2.95. The maximum atomic E-state index is 14.5. The Morgan fingerprint density at radius 3 is 2.78 bits per heavy atom. The third-order valence-electron chi connectivity index (χ3n) is 4.15. The first-order chi connectivity index (χ1) is 10.9. The van der Waals surface area contributed by atoms with E-state index in [1.165, 1.54) is 19.0 Å². The van der Waals surface area contributed by atoms with Gasteiger partial charge in [-0.2, -0.15) is 0 Å². The van der Waals surface area contributed by atoms with Crippen LogP contribution in [0.4, 0.5) is 20.6 Å². The van der Waals surface area contributed by atoms with Crippen molar-refractivity contribution in [3.8, 4) is 0 Å². The number of rotatable bonds is 2. The maximum absolute atomic E-state index is 14.5. The number of hydrogen-bond acceptors (Lipinski definition) is 4. The molecular weight excluding hydrogens is 305 g/mol. The van der Waals surface area contributed by atoms with Gasteiger partial charge < -0.3 is 15.0 Å². The van der Waals surface area contributed by atoms with Crippen LogP contribution in [0.2, 0.25) is 0 Å². The lowest BCUT2D eigenvalue weighted by Crippen LogP contribution is -2.45. The minimum absolute atomic E-state index is 0.0877. The summed E-state index contributed by atoms with van der Waals surface area (Å²) in [5.74, 6) is -1.15. The predicted octanol–water partition coefficient (Wildman–Crippen LogP) is 0.806. The molecule has 0 unspecified atom stereocenters. The average Bonchev–Trinajstić information content (AvgIpc) is 2.91. The number of anilines is 2. The molecule has 1 aromatic rings. The molecule has 0 spiro atoms. The molecule has 8 heteroatoms. The van der Waals surface area contributed by atoms with Crippen molar-refractivity contribution < 1.29 is 23.5 Å². The topological polar surface area (TPSA) is 79.0 Å². The van der Waals surface area contributed by atoms with Gasteiger partial charge in [-0.15, -0.1) is 0 Å². The van der Waals surface area contributed by atoms with E-state index in [0.29, 0.717) is 12.0 Å². The van der Waals surface area contributed by atoms with Gasteiger partial charge in [0.2, 0.25) is 11.8 Å². The van der Waals surface area contributed by atoms with Gasteiger partial charge in [0.05, 0.1) is 11.4 Å². The number of ether oxygens (including phenoxy) is 1. The smallest absolute Gasteiger partial charge is 0.415 e. The Balaban J connectivity index is 2.04. The first-order valence-corrected chi connectivity index (χ1v) is 7.20. The van der Waals surface area contributed by atoms with Gasteiger partial charge in [0.25, 0.3) is 0 Å². The van der Waals surface area contributed by atoms with Gasteiger partial charge in [0.15, 0.2) is 6.04 Å². The van der Waals surface area contributed by atoms with Gasteiger partial charge in [0, 0.05) is 20.5 Å². The molecule has 0 aliphatic carbocycles. The number of benzene rings is 1. The Labute approximate surface area is 132 Å². The highest BCUT2D eigenvalue weighted by Gasteiger charge is 2.39. The van der Waals surface area contributed by atoms with Crippen molar-refractivity contribution in [3.63, 3.8) is 0 Å². The monoisotopic (exact) mass is 321 g/mol. The average molecular weight is 321 g/mol. The summed E-state index contributed by atoms with van der Waals surface area (Å²) in [5.41, 5.74) is 1.09. The Bertz CT molecular complexity index is 706. The number of hydrogen-bond donors (Lipinski definition) is 1. The number of nitrogens with zero attached hydrogens (tertiary/aromatic N) is 2. The van der Waals surface area contributed by atoms with E-state index in [9.17, 15) is 18.8 Å². The van der Waals surface area contributed by atoms with E-state index in [-0.39, 0.29) is 36.2 Å². The maximum Gasteiger partial charge on any atom is 0.415 e. The van der Waals surface area contributed by atoms with Gasteiger partial charge in [-0.05, 0) is 24.1 Å². The van der Waals surface area contributed by atoms with E-state index in [2.05, 4.69) is 5.32 Å². The van der Waals surface area contributed by atoms with E-state index in [0.717, 1.165) is 11.0 Å². The zero-order valence-corrected chi connectivity index (χ0v) is 12.8. The highest BCUT2D eigenvalue weighted by Crippen LogP contribution is 2.35. The van der Waals surface area contributed by atoms with E-state index >= 15 is 0 Å². The summed E-state index contributed by atoms with van der Waals surface area (Å²) in [7, 11) is 2.97. The third kappa shape index (κ3) is 2.39. The molecule has 23 heavy (non-hydrogen) atoms. The number of nitrogens with one attached hydrogen (secondary N) is 1. The summed E-state index contributed by atoms with van der Waals surface area (Å²) in [5, 5.41) is 2.46. The molecule has 0 aromatic heterocycles. The summed E-state index contributed by atoms with van der Waals surface area (Å²) in [6.45, 7) is -0.0877. The van der Waals surface area contributed by atoms with E-state index in [4.69, 9.17) is 4.74 Å². The molecule has 3 amide bonds. The molecule has 2 aliphatic rings. The summed E-state index contributed by atoms with van der Waals surface area (Å²) >= 11 is 0. The van der Waals surface area contributed by atoms with Crippen LogP contribution in [0, 0.1) is 5.82 Å². The van der Waals surface area contributed by atoms with Gasteiger partial charge in [0.1, 0.15) is 12.4 Å². The first-order valence-electron chi connectivity index (χ1n) is 7.20. The van der Waals surface area contributed by atoms with Crippen LogP contribution in [-0.4, -0.2) is 44.7 Å². The Morgan fingerprint density at radius 2 is 2.09 bits per heavy atom. The second-order valence-corrected chi connectivity index (χ2v) is 5.47. The van der Waals surface area contributed by atoms with Crippen molar-refractivity contribution in [3.05, 3.63) is 23.5 Å². The summed E-state index contributed by atoms with van der Waals surface area (Å²) < 4.78 is 19.4. The quantitative estimate of drug-likeness (QED) is 0.874. The number of halogens is 1. The highest BCUT2D eigenvalue weighted by molar-refractivity contribution is 6.01. The molecule has 1 N–H and O–H groups in total. The lowest BCUT2D eigenvalue weighted by atomic mass is 10.00. The van der Waals surface area contributed by atoms with E-state index < -0.39 is 18.0 Å². The molecule has 0 radical (unpaired) electrons. The van der Waals surface area contributed by atoms with Crippen molar-refractivity contribution >= 4 is 29.3 Å². The lowest BCUT2D eigenvalue weighted by Gasteiger charge is -2.28. The molecule has 0 saturated carbocycles. The number of likely N-dealkylation sites (N-methyl/N-ethyl adjacent to an activating group) is 1.